The number of carbonyl (C=O) groups is 1. The molecular formula is C12H10N4O3S. The highest BCUT2D eigenvalue weighted by atomic mass is 32.2. The van der Waals surface area contributed by atoms with E-state index in [0.717, 1.165) is 0 Å². The lowest BCUT2D eigenvalue weighted by Gasteiger charge is -2.22. The fraction of sp³-hybridized carbons (Fsp3) is 0.167. The number of thioether (sulfide) groups is 1. The predicted octanol–water partition coefficient (Wildman–Crippen LogP) is 0.237. The number of anilines is 1. The van der Waals surface area contributed by atoms with Gasteiger partial charge in [-0.15, -0.1) is 11.8 Å². The number of hydrogen-bond donors (Lipinski definition) is 2. The first-order valence-electron chi connectivity index (χ1n) is 5.83. The molecule has 2 N–H and O–H groups in total. The van der Waals surface area contributed by atoms with Gasteiger partial charge in [-0.1, -0.05) is 6.07 Å². The number of aromatic nitrogens is 3. The van der Waals surface area contributed by atoms with Crippen molar-refractivity contribution >= 4 is 23.5 Å². The lowest BCUT2D eigenvalue weighted by Crippen LogP contribution is -2.33. The summed E-state index contributed by atoms with van der Waals surface area (Å²) in [6.07, 6.45) is 1.64. The molecule has 1 aliphatic rings. The van der Waals surface area contributed by atoms with Crippen molar-refractivity contribution in [3.05, 3.63) is 57.0 Å². The van der Waals surface area contributed by atoms with Crippen LogP contribution in [0.1, 0.15) is 11.1 Å². The standard InChI is InChI=1S/C12H10N4O3S/c17-9-5-8(14-12(19)15-9)16-10(18)6-20-11(16)7-3-1-2-4-13-7/h1-5,11H,6H2,(H2,14,15,17,19). The Bertz CT molecular complexity index is 727. The van der Waals surface area contributed by atoms with Gasteiger partial charge < -0.3 is 0 Å². The Balaban J connectivity index is 2.07. The molecule has 3 rings (SSSR count). The molecule has 0 radical (unpaired) electrons. The van der Waals surface area contributed by atoms with Crippen LogP contribution >= 0.6 is 11.8 Å². The van der Waals surface area contributed by atoms with Crippen molar-refractivity contribution in [3.8, 4) is 0 Å². The molecule has 2 aromatic rings. The molecule has 0 bridgehead atoms. The minimum Gasteiger partial charge on any atom is -0.293 e. The van der Waals surface area contributed by atoms with Crippen molar-refractivity contribution in [1.29, 1.82) is 0 Å². The molecule has 1 unspecified atom stereocenters. The van der Waals surface area contributed by atoms with Crippen molar-refractivity contribution in [2.24, 2.45) is 0 Å². The van der Waals surface area contributed by atoms with Crippen LogP contribution in [0.4, 0.5) is 5.82 Å². The number of amides is 1. The molecule has 3 heterocycles. The SMILES string of the molecule is O=C1CSC(c2ccccn2)N1c1cc(=O)[nH]c(=O)[nH]1. The number of nitrogens with one attached hydrogen (secondary N) is 2. The first-order valence-corrected chi connectivity index (χ1v) is 6.88. The van der Waals surface area contributed by atoms with Gasteiger partial charge in [0.1, 0.15) is 11.2 Å². The summed E-state index contributed by atoms with van der Waals surface area (Å²) < 4.78 is 0. The first kappa shape index (κ1) is 12.7. The number of pyridine rings is 1. The second kappa shape index (κ2) is 4.97. The Labute approximate surface area is 117 Å². The largest absolute Gasteiger partial charge is 0.327 e. The monoisotopic (exact) mass is 290 g/mol. The number of aromatic amines is 2. The van der Waals surface area contributed by atoms with Crippen LogP contribution < -0.4 is 16.1 Å². The predicted molar refractivity (Wildman–Crippen MR) is 74.6 cm³/mol. The van der Waals surface area contributed by atoms with Gasteiger partial charge in [0.2, 0.25) is 5.91 Å². The molecular weight excluding hydrogens is 280 g/mol. The Morgan fingerprint density at radius 1 is 1.25 bits per heavy atom. The van der Waals surface area contributed by atoms with Crippen molar-refractivity contribution in [1.82, 2.24) is 15.0 Å². The zero-order chi connectivity index (χ0) is 14.1. The highest BCUT2D eigenvalue weighted by Crippen LogP contribution is 2.39. The summed E-state index contributed by atoms with van der Waals surface area (Å²) in [5, 5.41) is -0.346. The van der Waals surface area contributed by atoms with Gasteiger partial charge in [-0.3, -0.25) is 29.4 Å². The van der Waals surface area contributed by atoms with Crippen LogP contribution in [0.5, 0.6) is 0 Å². The highest BCUT2D eigenvalue weighted by molar-refractivity contribution is 8.00. The quantitative estimate of drug-likeness (QED) is 0.825. The topological polar surface area (TPSA) is 98.9 Å². The Kier molecular flexibility index (Phi) is 3.15. The summed E-state index contributed by atoms with van der Waals surface area (Å²) in [6.45, 7) is 0. The van der Waals surface area contributed by atoms with Crippen LogP contribution in [0.15, 0.2) is 40.1 Å². The van der Waals surface area contributed by atoms with E-state index >= 15 is 0 Å². The lowest BCUT2D eigenvalue weighted by atomic mass is 10.3. The van der Waals surface area contributed by atoms with E-state index in [1.54, 1.807) is 18.3 Å². The molecule has 0 saturated carbocycles. The van der Waals surface area contributed by atoms with E-state index in [0.29, 0.717) is 5.69 Å². The van der Waals surface area contributed by atoms with Gasteiger partial charge >= 0.3 is 5.69 Å². The Morgan fingerprint density at radius 3 is 2.80 bits per heavy atom. The molecule has 20 heavy (non-hydrogen) atoms. The maximum absolute atomic E-state index is 12.0. The van der Waals surface area contributed by atoms with E-state index in [1.165, 1.54) is 22.7 Å². The normalized spacial score (nSPS) is 18.5. The highest BCUT2D eigenvalue weighted by Gasteiger charge is 2.35. The third kappa shape index (κ3) is 2.25. The summed E-state index contributed by atoms with van der Waals surface area (Å²) in [6, 6.07) is 6.60. The minimum absolute atomic E-state index is 0.174. The summed E-state index contributed by atoms with van der Waals surface area (Å²) in [5.41, 5.74) is -0.491. The molecule has 8 heteroatoms. The second-order valence-corrected chi connectivity index (χ2v) is 5.22. The molecule has 1 fully saturated rings. The van der Waals surface area contributed by atoms with Gasteiger partial charge in [0, 0.05) is 12.3 Å². The molecule has 102 valence electrons. The van der Waals surface area contributed by atoms with Crippen LogP contribution in [0.25, 0.3) is 0 Å². The lowest BCUT2D eigenvalue weighted by molar-refractivity contribution is -0.115. The molecule has 0 aromatic carbocycles. The van der Waals surface area contributed by atoms with Crippen molar-refractivity contribution in [3.63, 3.8) is 0 Å². The van der Waals surface area contributed by atoms with Gasteiger partial charge in [-0.05, 0) is 12.1 Å². The van der Waals surface area contributed by atoms with E-state index in [2.05, 4.69) is 15.0 Å². The van der Waals surface area contributed by atoms with E-state index in [9.17, 15) is 14.4 Å². The molecule has 1 aliphatic heterocycles. The molecule has 2 aromatic heterocycles. The van der Waals surface area contributed by atoms with Gasteiger partial charge in [0.15, 0.2) is 0 Å². The molecule has 1 amide bonds. The number of rotatable bonds is 2. The van der Waals surface area contributed by atoms with Gasteiger partial charge in [0.05, 0.1) is 11.4 Å². The van der Waals surface area contributed by atoms with Crippen LogP contribution in [-0.4, -0.2) is 26.6 Å². The number of carbonyl (C=O) groups excluding carboxylic acids is 1. The summed E-state index contributed by atoms with van der Waals surface area (Å²) >= 11 is 1.40. The molecule has 0 aliphatic carbocycles. The Hall–Kier alpha value is -2.35. The second-order valence-electron chi connectivity index (χ2n) is 4.15. The van der Waals surface area contributed by atoms with Crippen LogP contribution in [0, 0.1) is 0 Å². The summed E-state index contributed by atoms with van der Waals surface area (Å²) in [4.78, 5) is 44.9. The van der Waals surface area contributed by atoms with Gasteiger partial charge in [-0.25, -0.2) is 4.79 Å². The number of nitrogens with zero attached hydrogens (tertiary/aromatic N) is 2. The summed E-state index contributed by atoms with van der Waals surface area (Å²) in [5.74, 6) is 0.284. The average Bonchev–Trinajstić information content (AvgIpc) is 2.80. The maximum Gasteiger partial charge on any atom is 0.327 e. The third-order valence-electron chi connectivity index (χ3n) is 2.81. The van der Waals surface area contributed by atoms with Crippen molar-refractivity contribution in [2.45, 2.75) is 5.37 Å². The van der Waals surface area contributed by atoms with Crippen molar-refractivity contribution in [2.75, 3.05) is 10.7 Å². The fourth-order valence-electron chi connectivity index (χ4n) is 2.01. The smallest absolute Gasteiger partial charge is 0.293 e. The molecule has 7 nitrogen and oxygen atoms in total. The summed E-state index contributed by atoms with van der Waals surface area (Å²) in [7, 11) is 0. The first-order chi connectivity index (χ1) is 9.65. The van der Waals surface area contributed by atoms with Gasteiger partial charge in [-0.2, -0.15) is 0 Å². The number of hydrogen-bond acceptors (Lipinski definition) is 5. The zero-order valence-electron chi connectivity index (χ0n) is 10.2. The van der Waals surface area contributed by atoms with Crippen molar-refractivity contribution < 1.29 is 4.79 Å². The maximum atomic E-state index is 12.0. The molecule has 1 atom stereocenters. The van der Waals surface area contributed by atoms with E-state index in [4.69, 9.17) is 0 Å². The molecule has 1 saturated heterocycles. The van der Waals surface area contributed by atoms with Crippen LogP contribution in [-0.2, 0) is 4.79 Å². The average molecular weight is 290 g/mol. The van der Waals surface area contributed by atoms with Gasteiger partial charge in [0.25, 0.3) is 5.56 Å². The minimum atomic E-state index is -0.642. The van der Waals surface area contributed by atoms with Crippen LogP contribution in [0.3, 0.4) is 0 Å². The van der Waals surface area contributed by atoms with E-state index in [-0.39, 0.29) is 22.9 Å². The van der Waals surface area contributed by atoms with E-state index < -0.39 is 11.2 Å². The Morgan fingerprint density at radius 2 is 2.10 bits per heavy atom. The number of H-pyrrole nitrogens is 2. The zero-order valence-corrected chi connectivity index (χ0v) is 11.0. The fourth-order valence-corrected chi connectivity index (χ4v) is 3.14. The van der Waals surface area contributed by atoms with Crippen LogP contribution in [0.2, 0.25) is 0 Å². The molecule has 0 spiro atoms. The third-order valence-corrected chi connectivity index (χ3v) is 4.00. The van der Waals surface area contributed by atoms with E-state index in [1.807, 2.05) is 6.07 Å².